The van der Waals surface area contributed by atoms with Gasteiger partial charge in [0.05, 0.1) is 33.9 Å². The van der Waals surface area contributed by atoms with Crippen LogP contribution in [-0.4, -0.2) is 0 Å². The number of fused-ring (bicyclic) bond motifs is 10. The average molecular weight is 989 g/mol. The van der Waals surface area contributed by atoms with E-state index in [1.54, 1.807) is 0 Å². The van der Waals surface area contributed by atoms with Crippen molar-refractivity contribution in [2.75, 3.05) is 9.80 Å². The molecule has 14 rings (SSSR count). The number of anilines is 6. The number of hydrogen-bond acceptors (Lipinski definition) is 4. The number of hydrogen-bond donors (Lipinski definition) is 0. The molecule has 2 heterocycles. The van der Waals surface area contributed by atoms with Crippen LogP contribution < -0.4 is 9.80 Å². The summed E-state index contributed by atoms with van der Waals surface area (Å²) in [4.78, 5) is 10.2. The maximum Gasteiger partial charge on any atom is 0.0714 e. The van der Waals surface area contributed by atoms with E-state index in [9.17, 15) is 0 Å². The monoisotopic (exact) mass is 988 g/mol. The van der Waals surface area contributed by atoms with Crippen molar-refractivity contribution in [1.29, 1.82) is 0 Å². The molecule has 0 aromatic heterocycles. The highest BCUT2D eigenvalue weighted by atomic mass is 32.2. The molecule has 0 saturated heterocycles. The van der Waals surface area contributed by atoms with Crippen LogP contribution in [0.3, 0.4) is 0 Å². The van der Waals surface area contributed by atoms with Gasteiger partial charge in [0.25, 0.3) is 0 Å². The first kappa shape index (κ1) is 45.1. The summed E-state index contributed by atoms with van der Waals surface area (Å²) in [6.07, 6.45) is 0. The van der Waals surface area contributed by atoms with E-state index in [4.69, 9.17) is 0 Å². The molecule has 0 N–H and O–H groups in total. The van der Waals surface area contributed by atoms with E-state index in [1.165, 1.54) is 126 Å². The van der Waals surface area contributed by atoms with Gasteiger partial charge in [-0.15, -0.1) is 0 Å². The standard InChI is InChI=1S/C70H56N2S2/c1-43(2)45-32-37-60-65(40-45)73-63-29-15-13-26-58(63)71(60)50-34-36-53-57(42-50)70(48-19-9-7-10-20-48,49-21-11-8-12-22-49)55-25-17-23-51(67(53)55)47-31-35-52-56(39-47)69(5,6)54-24-18-28-62(68(52)54)72-59-27-14-16-30-64(59)74-66-41-46(44(3)4)33-38-61(66)72/h7-44H,1-6H3. The molecule has 10 aromatic carbocycles. The van der Waals surface area contributed by atoms with Crippen molar-refractivity contribution in [1.82, 2.24) is 0 Å². The van der Waals surface area contributed by atoms with Gasteiger partial charge in [0.2, 0.25) is 0 Å². The average Bonchev–Trinajstić information content (AvgIpc) is 4.03. The molecule has 0 spiro atoms. The van der Waals surface area contributed by atoms with Gasteiger partial charge in [0, 0.05) is 36.2 Å². The molecule has 2 aliphatic carbocycles. The molecule has 0 bridgehead atoms. The van der Waals surface area contributed by atoms with Crippen molar-refractivity contribution in [2.45, 2.75) is 83.8 Å². The molecular weight excluding hydrogens is 933 g/mol. The van der Waals surface area contributed by atoms with Crippen LogP contribution in [0.25, 0.3) is 33.4 Å². The quantitative estimate of drug-likeness (QED) is 0.157. The number of benzene rings is 10. The maximum atomic E-state index is 2.54. The largest absolute Gasteiger partial charge is 0.308 e. The Kier molecular flexibility index (Phi) is 10.4. The summed E-state index contributed by atoms with van der Waals surface area (Å²) >= 11 is 3.78. The van der Waals surface area contributed by atoms with E-state index in [2.05, 4.69) is 270 Å². The summed E-state index contributed by atoms with van der Waals surface area (Å²) in [5.41, 5.74) is 24.7. The fraction of sp³-hybridized carbons (Fsp3) is 0.143. The van der Waals surface area contributed by atoms with Crippen LogP contribution in [0.5, 0.6) is 0 Å². The Bertz CT molecular complexity index is 3870. The van der Waals surface area contributed by atoms with Gasteiger partial charge >= 0.3 is 0 Å². The van der Waals surface area contributed by atoms with Crippen LogP contribution in [0.4, 0.5) is 34.1 Å². The Hall–Kier alpha value is -7.50. The van der Waals surface area contributed by atoms with E-state index in [0.29, 0.717) is 11.8 Å². The Labute approximate surface area is 444 Å². The number of rotatable bonds is 7. The number of nitrogens with zero attached hydrogens (tertiary/aromatic N) is 2. The summed E-state index contributed by atoms with van der Waals surface area (Å²) in [7, 11) is 0. The third kappa shape index (κ3) is 6.60. The molecule has 10 aromatic rings. The first-order valence-electron chi connectivity index (χ1n) is 26.2. The van der Waals surface area contributed by atoms with Crippen molar-refractivity contribution >= 4 is 57.6 Å². The summed E-state index contributed by atoms with van der Waals surface area (Å²) in [6.45, 7) is 14.0. The highest BCUT2D eigenvalue weighted by Gasteiger charge is 2.48. The lowest BCUT2D eigenvalue weighted by Gasteiger charge is -2.36. The first-order chi connectivity index (χ1) is 36.1. The normalized spacial score (nSPS) is 14.9. The molecule has 0 atom stereocenters. The van der Waals surface area contributed by atoms with Gasteiger partial charge in [0.1, 0.15) is 0 Å². The second-order valence-electron chi connectivity index (χ2n) is 21.6. The molecule has 4 aliphatic rings. The molecule has 0 saturated carbocycles. The molecule has 0 fully saturated rings. The van der Waals surface area contributed by atoms with Crippen LogP contribution >= 0.6 is 23.5 Å². The van der Waals surface area contributed by atoms with E-state index >= 15 is 0 Å². The Morgan fingerprint density at radius 3 is 1.50 bits per heavy atom. The zero-order chi connectivity index (χ0) is 50.0. The smallest absolute Gasteiger partial charge is 0.0714 e. The molecule has 0 unspecified atom stereocenters. The van der Waals surface area contributed by atoms with Gasteiger partial charge in [-0.2, -0.15) is 0 Å². The second kappa shape index (κ2) is 17.0. The third-order valence-electron chi connectivity index (χ3n) is 16.5. The Balaban J connectivity index is 0.970. The van der Waals surface area contributed by atoms with Crippen molar-refractivity contribution in [3.05, 3.63) is 263 Å². The Morgan fingerprint density at radius 2 is 0.865 bits per heavy atom. The van der Waals surface area contributed by atoms with E-state index in [-0.39, 0.29) is 5.41 Å². The topological polar surface area (TPSA) is 6.48 Å². The third-order valence-corrected chi connectivity index (χ3v) is 18.7. The predicted molar refractivity (Wildman–Crippen MR) is 313 cm³/mol. The van der Waals surface area contributed by atoms with Crippen molar-refractivity contribution in [3.8, 4) is 33.4 Å². The second-order valence-corrected chi connectivity index (χ2v) is 23.8. The molecule has 2 nitrogen and oxygen atoms in total. The zero-order valence-electron chi connectivity index (χ0n) is 42.7. The minimum atomic E-state index is -0.593. The number of para-hydroxylation sites is 2. The van der Waals surface area contributed by atoms with Gasteiger partial charge in [-0.3, -0.25) is 0 Å². The van der Waals surface area contributed by atoms with Gasteiger partial charge in [0.15, 0.2) is 0 Å². The molecule has 0 radical (unpaired) electrons. The SMILES string of the molecule is CC(C)c1ccc2c(c1)Sc1ccccc1N2c1ccc2c(c1)C(c1ccccc1)(c1ccccc1)c1cccc(-c3ccc4c(c3)C(C)(C)c3cccc(N5c6ccccc6Sc6cc(C(C)C)ccc65)c3-4)c1-2. The molecule has 0 amide bonds. The lowest BCUT2D eigenvalue weighted by molar-refractivity contribution is 0.660. The minimum absolute atomic E-state index is 0.247. The minimum Gasteiger partial charge on any atom is -0.308 e. The van der Waals surface area contributed by atoms with E-state index < -0.39 is 5.41 Å². The first-order valence-corrected chi connectivity index (χ1v) is 27.8. The van der Waals surface area contributed by atoms with Gasteiger partial charge < -0.3 is 9.80 Å². The summed E-state index contributed by atoms with van der Waals surface area (Å²) in [5, 5.41) is 0. The van der Waals surface area contributed by atoms with Crippen LogP contribution in [0, 0.1) is 0 Å². The van der Waals surface area contributed by atoms with Crippen LogP contribution in [0.1, 0.15) is 97.9 Å². The Morgan fingerprint density at radius 1 is 0.351 bits per heavy atom. The highest BCUT2D eigenvalue weighted by Crippen LogP contribution is 2.62. The maximum absolute atomic E-state index is 2.54. The molecular formula is C70H56N2S2. The van der Waals surface area contributed by atoms with E-state index in [1.807, 2.05) is 23.5 Å². The zero-order valence-corrected chi connectivity index (χ0v) is 44.3. The van der Waals surface area contributed by atoms with Crippen LogP contribution in [-0.2, 0) is 10.8 Å². The highest BCUT2D eigenvalue weighted by molar-refractivity contribution is 8.00. The summed E-state index contributed by atoms with van der Waals surface area (Å²) < 4.78 is 0. The molecule has 358 valence electrons. The van der Waals surface area contributed by atoms with Crippen molar-refractivity contribution in [2.24, 2.45) is 0 Å². The van der Waals surface area contributed by atoms with Crippen molar-refractivity contribution in [3.63, 3.8) is 0 Å². The fourth-order valence-electron chi connectivity index (χ4n) is 12.8. The summed E-state index contributed by atoms with van der Waals surface area (Å²) in [6, 6.07) is 83.3. The lowest BCUT2D eigenvalue weighted by Crippen LogP contribution is -2.28. The molecule has 74 heavy (non-hydrogen) atoms. The van der Waals surface area contributed by atoms with E-state index in [0.717, 1.165) is 5.69 Å². The molecule has 2 aliphatic heterocycles. The predicted octanol–water partition coefficient (Wildman–Crippen LogP) is 20.1. The van der Waals surface area contributed by atoms with Crippen LogP contribution in [0.2, 0.25) is 0 Å². The fourth-order valence-corrected chi connectivity index (χ4v) is 15.0. The van der Waals surface area contributed by atoms with Gasteiger partial charge in [-0.1, -0.05) is 211 Å². The summed E-state index contributed by atoms with van der Waals surface area (Å²) in [5.74, 6) is 0.891. The van der Waals surface area contributed by atoms with Gasteiger partial charge in [-0.05, 0) is 157 Å². The van der Waals surface area contributed by atoms with Crippen molar-refractivity contribution < 1.29 is 0 Å². The van der Waals surface area contributed by atoms with Gasteiger partial charge in [-0.25, -0.2) is 0 Å². The van der Waals surface area contributed by atoms with Crippen LogP contribution in [0.15, 0.2) is 238 Å². The molecule has 4 heteroatoms. The lowest BCUT2D eigenvalue weighted by atomic mass is 9.67.